The number of ketones is 1. The minimum Gasteiger partial charge on any atom is -0.457 e. The van der Waals surface area contributed by atoms with Crippen molar-refractivity contribution in [2.75, 3.05) is 19.2 Å². The van der Waals surface area contributed by atoms with Crippen molar-refractivity contribution in [1.82, 2.24) is 4.98 Å². The molecule has 0 N–H and O–H groups in total. The highest BCUT2D eigenvalue weighted by atomic mass is 32.2. The van der Waals surface area contributed by atoms with Crippen molar-refractivity contribution in [3.8, 4) is 11.5 Å². The van der Waals surface area contributed by atoms with Gasteiger partial charge in [-0.05, 0) is 36.8 Å². The number of carbonyl (C=O) groups is 2. The number of Topliss-reactive ketones (excluding diaryl/α,β-unsaturated/α-hetero) is 1. The molecule has 0 fully saturated rings. The second-order valence-electron chi connectivity index (χ2n) is 6.05. The topological polar surface area (TPSA) is 74.7 Å². The molecule has 0 radical (unpaired) electrons. The fourth-order valence-corrected chi connectivity index (χ4v) is 4.74. The molecule has 0 amide bonds. The number of thioether (sulfide) groups is 1. The molecule has 3 aromatic rings. The smallest absolute Gasteiger partial charge is 0.306 e. The van der Waals surface area contributed by atoms with Crippen LogP contribution in [0.4, 0.5) is 0 Å². The zero-order chi connectivity index (χ0) is 19.3. The van der Waals surface area contributed by atoms with Gasteiger partial charge in [0.1, 0.15) is 0 Å². The van der Waals surface area contributed by atoms with Gasteiger partial charge in [0.15, 0.2) is 28.2 Å². The van der Waals surface area contributed by atoms with Crippen LogP contribution in [0.5, 0.6) is 11.5 Å². The van der Waals surface area contributed by atoms with Gasteiger partial charge in [0.2, 0.25) is 6.79 Å². The Kier molecular flexibility index (Phi) is 5.78. The summed E-state index contributed by atoms with van der Waals surface area (Å²) in [6, 6.07) is 12.9. The Labute approximate surface area is 169 Å². The lowest BCUT2D eigenvalue weighted by atomic mass is 10.1. The predicted octanol–water partition coefficient (Wildman–Crippen LogP) is 4.32. The van der Waals surface area contributed by atoms with Crippen molar-refractivity contribution in [3.63, 3.8) is 0 Å². The summed E-state index contributed by atoms with van der Waals surface area (Å²) < 4.78 is 17.7. The van der Waals surface area contributed by atoms with Gasteiger partial charge in [-0.1, -0.05) is 23.9 Å². The van der Waals surface area contributed by atoms with Crippen LogP contribution in [0.25, 0.3) is 10.2 Å². The Morgan fingerprint density at radius 3 is 2.89 bits per heavy atom. The lowest BCUT2D eigenvalue weighted by Crippen LogP contribution is -2.14. The van der Waals surface area contributed by atoms with Crippen molar-refractivity contribution < 1.29 is 23.8 Å². The van der Waals surface area contributed by atoms with Gasteiger partial charge in [0.05, 0.1) is 10.2 Å². The van der Waals surface area contributed by atoms with Crippen LogP contribution in [-0.2, 0) is 9.53 Å². The van der Waals surface area contributed by atoms with Crippen molar-refractivity contribution in [2.24, 2.45) is 0 Å². The van der Waals surface area contributed by atoms with E-state index in [4.69, 9.17) is 14.2 Å². The molecule has 0 bridgehead atoms. The molecule has 1 aliphatic rings. The van der Waals surface area contributed by atoms with E-state index < -0.39 is 0 Å². The van der Waals surface area contributed by atoms with E-state index >= 15 is 0 Å². The number of hydrogen-bond acceptors (Lipinski definition) is 8. The standard InChI is InChI=1S/C20H17NO5S2/c22-15(13-7-8-16-17(10-13)26-12-25-16)11-24-19(23)6-3-9-27-20-21-14-4-1-2-5-18(14)28-20/h1-2,4-5,7-8,10H,3,6,9,11-12H2. The predicted molar refractivity (Wildman–Crippen MR) is 107 cm³/mol. The molecule has 2 aromatic carbocycles. The number of benzene rings is 2. The molecule has 0 saturated carbocycles. The van der Waals surface area contributed by atoms with Crippen LogP contribution < -0.4 is 9.47 Å². The Morgan fingerprint density at radius 2 is 2.00 bits per heavy atom. The normalized spacial score (nSPS) is 12.3. The summed E-state index contributed by atoms with van der Waals surface area (Å²) in [5.74, 6) is 1.27. The van der Waals surface area contributed by atoms with E-state index in [1.165, 1.54) is 0 Å². The first-order chi connectivity index (χ1) is 13.7. The van der Waals surface area contributed by atoms with Gasteiger partial charge in [-0.25, -0.2) is 4.98 Å². The Hall–Kier alpha value is -2.58. The van der Waals surface area contributed by atoms with E-state index in [0.29, 0.717) is 23.5 Å². The minimum absolute atomic E-state index is 0.150. The summed E-state index contributed by atoms with van der Waals surface area (Å²) in [5, 5.41) is 0. The number of ether oxygens (including phenoxy) is 3. The Balaban J connectivity index is 1.18. The third kappa shape index (κ3) is 4.45. The molecule has 0 spiro atoms. The molecule has 0 aliphatic carbocycles. The zero-order valence-corrected chi connectivity index (χ0v) is 16.5. The van der Waals surface area contributed by atoms with Gasteiger partial charge < -0.3 is 14.2 Å². The number of aromatic nitrogens is 1. The largest absolute Gasteiger partial charge is 0.457 e. The van der Waals surface area contributed by atoms with Crippen molar-refractivity contribution >= 4 is 45.1 Å². The average molecular weight is 415 g/mol. The third-order valence-corrected chi connectivity index (χ3v) is 6.35. The van der Waals surface area contributed by atoms with Crippen LogP contribution >= 0.6 is 23.1 Å². The zero-order valence-electron chi connectivity index (χ0n) is 14.9. The first kappa shape index (κ1) is 18.8. The Morgan fingerprint density at radius 1 is 1.14 bits per heavy atom. The molecule has 28 heavy (non-hydrogen) atoms. The number of fused-ring (bicyclic) bond motifs is 2. The number of esters is 1. The van der Waals surface area contributed by atoms with Gasteiger partial charge in [-0.15, -0.1) is 11.3 Å². The van der Waals surface area contributed by atoms with Crippen LogP contribution in [0, 0.1) is 0 Å². The molecule has 8 heteroatoms. The maximum atomic E-state index is 12.2. The number of thiazole rings is 1. The first-order valence-electron chi connectivity index (χ1n) is 8.76. The number of hydrogen-bond donors (Lipinski definition) is 0. The fraction of sp³-hybridized carbons (Fsp3) is 0.250. The summed E-state index contributed by atoms with van der Waals surface area (Å²) in [6.07, 6.45) is 0.934. The summed E-state index contributed by atoms with van der Waals surface area (Å²) in [6.45, 7) is -0.125. The maximum Gasteiger partial charge on any atom is 0.306 e. The van der Waals surface area contributed by atoms with Gasteiger partial charge >= 0.3 is 5.97 Å². The van der Waals surface area contributed by atoms with E-state index in [1.807, 2.05) is 24.3 Å². The molecule has 1 aromatic heterocycles. The molecule has 4 rings (SSSR count). The summed E-state index contributed by atoms with van der Waals surface area (Å²) >= 11 is 3.28. The number of para-hydroxylation sites is 1. The molecule has 6 nitrogen and oxygen atoms in total. The van der Waals surface area contributed by atoms with E-state index in [2.05, 4.69) is 4.98 Å². The highest BCUT2D eigenvalue weighted by molar-refractivity contribution is 8.01. The van der Waals surface area contributed by atoms with Gasteiger partial charge in [-0.3, -0.25) is 9.59 Å². The second-order valence-corrected chi connectivity index (χ2v) is 8.42. The van der Waals surface area contributed by atoms with E-state index in [1.54, 1.807) is 41.3 Å². The minimum atomic E-state index is -0.376. The van der Waals surface area contributed by atoms with E-state index in [-0.39, 0.29) is 31.6 Å². The average Bonchev–Trinajstić information content (AvgIpc) is 3.34. The summed E-state index contributed by atoms with van der Waals surface area (Å²) in [4.78, 5) is 28.6. The van der Waals surface area contributed by atoms with Crippen LogP contribution in [0.15, 0.2) is 46.8 Å². The van der Waals surface area contributed by atoms with Gasteiger partial charge in [0, 0.05) is 17.7 Å². The summed E-state index contributed by atoms with van der Waals surface area (Å²) in [7, 11) is 0. The summed E-state index contributed by atoms with van der Waals surface area (Å²) in [5.41, 5.74) is 1.43. The van der Waals surface area contributed by atoms with Crippen molar-refractivity contribution in [2.45, 2.75) is 17.2 Å². The number of carbonyl (C=O) groups excluding carboxylic acids is 2. The SMILES string of the molecule is O=C(CCCSc1nc2ccccc2s1)OCC(=O)c1ccc2c(c1)OCO2. The molecular weight excluding hydrogens is 398 g/mol. The van der Waals surface area contributed by atoms with Gasteiger partial charge in [0.25, 0.3) is 0 Å². The molecule has 0 unspecified atom stereocenters. The van der Waals surface area contributed by atoms with E-state index in [0.717, 1.165) is 20.3 Å². The van der Waals surface area contributed by atoms with Crippen molar-refractivity contribution in [3.05, 3.63) is 48.0 Å². The molecular formula is C20H17NO5S2. The van der Waals surface area contributed by atoms with E-state index in [9.17, 15) is 9.59 Å². The van der Waals surface area contributed by atoms with Crippen molar-refractivity contribution in [1.29, 1.82) is 0 Å². The number of nitrogens with zero attached hydrogens (tertiary/aromatic N) is 1. The molecule has 2 heterocycles. The quantitative estimate of drug-likeness (QED) is 0.235. The maximum absolute atomic E-state index is 12.2. The third-order valence-electron chi connectivity index (χ3n) is 4.08. The number of rotatable bonds is 8. The lowest BCUT2D eigenvalue weighted by Gasteiger charge is -2.05. The second kappa shape index (κ2) is 8.62. The lowest BCUT2D eigenvalue weighted by molar-refractivity contribution is -0.142. The highest BCUT2D eigenvalue weighted by Gasteiger charge is 2.17. The monoisotopic (exact) mass is 415 g/mol. The molecule has 1 aliphatic heterocycles. The highest BCUT2D eigenvalue weighted by Crippen LogP contribution is 2.32. The Bertz CT molecular complexity index is 984. The molecule has 0 saturated heterocycles. The first-order valence-corrected chi connectivity index (χ1v) is 10.6. The van der Waals surface area contributed by atoms with Crippen LogP contribution in [0.1, 0.15) is 23.2 Å². The van der Waals surface area contributed by atoms with Crippen LogP contribution in [-0.4, -0.2) is 35.9 Å². The van der Waals surface area contributed by atoms with Crippen LogP contribution in [0.3, 0.4) is 0 Å². The fourth-order valence-electron chi connectivity index (χ4n) is 2.66. The molecule has 0 atom stereocenters. The van der Waals surface area contributed by atoms with Gasteiger partial charge in [-0.2, -0.15) is 0 Å². The van der Waals surface area contributed by atoms with Crippen LogP contribution in [0.2, 0.25) is 0 Å². The molecule has 144 valence electrons.